The van der Waals surface area contributed by atoms with Crippen molar-refractivity contribution in [3.63, 3.8) is 0 Å². The number of nitrogens with one attached hydrogen (secondary N) is 1. The predicted molar refractivity (Wildman–Crippen MR) is 87.4 cm³/mol. The molecule has 0 unspecified atom stereocenters. The number of anilines is 1. The molecule has 1 heterocycles. The standard InChI is InChI=1S/C16H15ClN4O/c1-2-3-16(22)18-12-6-9-14-15(10-12)20-21(19-14)13-7-4-11(17)5-8-13/h4-10H,2-3H2,1H3,(H,18,22). The SMILES string of the molecule is CCCC(=O)Nc1ccc2nn(-c3ccc(Cl)cc3)nc2c1. The molecule has 0 aliphatic carbocycles. The van der Waals surface area contributed by atoms with Crippen molar-refractivity contribution in [2.24, 2.45) is 0 Å². The molecule has 112 valence electrons. The summed E-state index contributed by atoms with van der Waals surface area (Å²) in [6.45, 7) is 1.97. The van der Waals surface area contributed by atoms with Crippen molar-refractivity contribution in [3.8, 4) is 5.69 Å². The minimum absolute atomic E-state index is 0.00643. The molecule has 0 fully saturated rings. The van der Waals surface area contributed by atoms with Crippen LogP contribution in [0.4, 0.5) is 5.69 Å². The van der Waals surface area contributed by atoms with E-state index in [4.69, 9.17) is 11.6 Å². The molecule has 6 heteroatoms. The number of benzene rings is 2. The lowest BCUT2D eigenvalue weighted by atomic mass is 10.2. The fourth-order valence-electron chi connectivity index (χ4n) is 2.13. The maximum Gasteiger partial charge on any atom is 0.224 e. The van der Waals surface area contributed by atoms with Crippen molar-refractivity contribution in [1.82, 2.24) is 15.0 Å². The van der Waals surface area contributed by atoms with Crippen molar-refractivity contribution < 1.29 is 4.79 Å². The van der Waals surface area contributed by atoms with Crippen LogP contribution in [0, 0.1) is 0 Å². The van der Waals surface area contributed by atoms with Crippen LogP contribution in [0.1, 0.15) is 19.8 Å². The molecule has 3 aromatic rings. The quantitative estimate of drug-likeness (QED) is 0.796. The van der Waals surface area contributed by atoms with Gasteiger partial charge >= 0.3 is 0 Å². The highest BCUT2D eigenvalue weighted by Gasteiger charge is 2.07. The number of amides is 1. The minimum Gasteiger partial charge on any atom is -0.326 e. The van der Waals surface area contributed by atoms with Gasteiger partial charge in [0, 0.05) is 17.1 Å². The topological polar surface area (TPSA) is 59.8 Å². The first-order valence-corrected chi connectivity index (χ1v) is 7.46. The van der Waals surface area contributed by atoms with E-state index in [-0.39, 0.29) is 5.91 Å². The van der Waals surface area contributed by atoms with Crippen LogP contribution in [0.25, 0.3) is 16.7 Å². The Bertz CT molecular complexity index is 811. The molecule has 0 spiro atoms. The third kappa shape index (κ3) is 3.09. The van der Waals surface area contributed by atoms with E-state index in [1.54, 1.807) is 16.9 Å². The van der Waals surface area contributed by atoms with Crippen molar-refractivity contribution in [2.45, 2.75) is 19.8 Å². The summed E-state index contributed by atoms with van der Waals surface area (Å²) in [4.78, 5) is 13.2. The average Bonchev–Trinajstić information content (AvgIpc) is 2.91. The van der Waals surface area contributed by atoms with E-state index in [9.17, 15) is 4.79 Å². The van der Waals surface area contributed by atoms with E-state index in [1.807, 2.05) is 37.3 Å². The van der Waals surface area contributed by atoms with Gasteiger partial charge in [0.25, 0.3) is 0 Å². The molecule has 0 aliphatic rings. The molecule has 0 bridgehead atoms. The van der Waals surface area contributed by atoms with Gasteiger partial charge in [-0.1, -0.05) is 18.5 Å². The molecular formula is C16H15ClN4O. The normalized spacial score (nSPS) is 10.8. The van der Waals surface area contributed by atoms with Crippen LogP contribution in [0.5, 0.6) is 0 Å². The predicted octanol–water partition coefficient (Wildman–Crippen LogP) is 3.81. The molecule has 2 aromatic carbocycles. The largest absolute Gasteiger partial charge is 0.326 e. The van der Waals surface area contributed by atoms with Gasteiger partial charge in [0.15, 0.2) is 0 Å². The summed E-state index contributed by atoms with van der Waals surface area (Å²) in [7, 11) is 0. The van der Waals surface area contributed by atoms with Gasteiger partial charge in [-0.05, 0) is 48.9 Å². The number of nitrogens with zero attached hydrogens (tertiary/aromatic N) is 3. The van der Waals surface area contributed by atoms with Crippen LogP contribution in [-0.4, -0.2) is 20.9 Å². The second-order valence-corrected chi connectivity index (χ2v) is 5.40. The summed E-state index contributed by atoms with van der Waals surface area (Å²) in [5, 5.41) is 12.4. The van der Waals surface area contributed by atoms with Gasteiger partial charge in [0.05, 0.1) is 5.69 Å². The summed E-state index contributed by atoms with van der Waals surface area (Å²) in [5.74, 6) is 0.00643. The zero-order chi connectivity index (χ0) is 15.5. The van der Waals surface area contributed by atoms with E-state index in [1.165, 1.54) is 0 Å². The second kappa shape index (κ2) is 6.15. The molecule has 0 aliphatic heterocycles. The molecular weight excluding hydrogens is 300 g/mol. The molecule has 1 aromatic heterocycles. The fourth-order valence-corrected chi connectivity index (χ4v) is 2.26. The molecule has 22 heavy (non-hydrogen) atoms. The maximum absolute atomic E-state index is 11.6. The van der Waals surface area contributed by atoms with E-state index in [2.05, 4.69) is 15.5 Å². The average molecular weight is 315 g/mol. The first kappa shape index (κ1) is 14.5. The first-order chi connectivity index (χ1) is 10.7. The Morgan fingerprint density at radius 1 is 1.14 bits per heavy atom. The number of rotatable bonds is 4. The number of halogens is 1. The van der Waals surface area contributed by atoms with Gasteiger partial charge < -0.3 is 5.32 Å². The Kier molecular flexibility index (Phi) is 4.06. The minimum atomic E-state index is 0.00643. The zero-order valence-corrected chi connectivity index (χ0v) is 12.8. The Labute approximate surface area is 132 Å². The number of fused-ring (bicyclic) bond motifs is 1. The molecule has 0 radical (unpaired) electrons. The van der Waals surface area contributed by atoms with Gasteiger partial charge in [-0.15, -0.1) is 10.2 Å². The second-order valence-electron chi connectivity index (χ2n) is 4.97. The molecule has 5 nitrogen and oxygen atoms in total. The Hall–Kier alpha value is -2.40. The van der Waals surface area contributed by atoms with Crippen LogP contribution in [-0.2, 0) is 4.79 Å². The van der Waals surface area contributed by atoms with E-state index >= 15 is 0 Å². The van der Waals surface area contributed by atoms with Crippen LogP contribution in [0.3, 0.4) is 0 Å². The van der Waals surface area contributed by atoms with E-state index < -0.39 is 0 Å². The zero-order valence-electron chi connectivity index (χ0n) is 12.1. The lowest BCUT2D eigenvalue weighted by Crippen LogP contribution is -2.10. The summed E-state index contributed by atoms with van der Waals surface area (Å²) < 4.78 is 0. The first-order valence-electron chi connectivity index (χ1n) is 7.08. The van der Waals surface area contributed by atoms with Crippen LogP contribution in [0.15, 0.2) is 42.5 Å². The van der Waals surface area contributed by atoms with Crippen molar-refractivity contribution in [2.75, 3.05) is 5.32 Å². The Morgan fingerprint density at radius 3 is 2.59 bits per heavy atom. The van der Waals surface area contributed by atoms with Gasteiger partial charge in [-0.25, -0.2) is 0 Å². The molecule has 0 saturated carbocycles. The van der Waals surface area contributed by atoms with Gasteiger partial charge in [-0.3, -0.25) is 4.79 Å². The number of hydrogen-bond acceptors (Lipinski definition) is 3. The Balaban J connectivity index is 1.90. The molecule has 3 rings (SSSR count). The monoisotopic (exact) mass is 314 g/mol. The Morgan fingerprint density at radius 2 is 1.86 bits per heavy atom. The van der Waals surface area contributed by atoms with Crippen molar-refractivity contribution in [1.29, 1.82) is 0 Å². The molecule has 0 atom stereocenters. The summed E-state index contributed by atoms with van der Waals surface area (Å²) in [6, 6.07) is 12.8. The third-order valence-corrected chi connectivity index (χ3v) is 3.45. The van der Waals surface area contributed by atoms with Gasteiger partial charge in [0.1, 0.15) is 11.0 Å². The van der Waals surface area contributed by atoms with Gasteiger partial charge in [-0.2, -0.15) is 4.80 Å². The highest BCUT2D eigenvalue weighted by molar-refractivity contribution is 6.30. The maximum atomic E-state index is 11.6. The third-order valence-electron chi connectivity index (χ3n) is 3.20. The van der Waals surface area contributed by atoms with E-state index in [0.717, 1.165) is 28.8 Å². The number of carbonyl (C=O) groups is 1. The summed E-state index contributed by atoms with van der Waals surface area (Å²) in [5.41, 5.74) is 3.05. The number of aromatic nitrogens is 3. The van der Waals surface area contributed by atoms with Crippen LogP contribution in [0.2, 0.25) is 5.02 Å². The molecule has 1 amide bonds. The number of carbonyl (C=O) groups excluding carboxylic acids is 1. The highest BCUT2D eigenvalue weighted by Crippen LogP contribution is 2.18. The highest BCUT2D eigenvalue weighted by atomic mass is 35.5. The smallest absolute Gasteiger partial charge is 0.224 e. The summed E-state index contributed by atoms with van der Waals surface area (Å²) >= 11 is 5.88. The fraction of sp³-hybridized carbons (Fsp3) is 0.188. The van der Waals surface area contributed by atoms with Crippen LogP contribution < -0.4 is 5.32 Å². The van der Waals surface area contributed by atoms with E-state index in [0.29, 0.717) is 11.4 Å². The van der Waals surface area contributed by atoms with Crippen molar-refractivity contribution in [3.05, 3.63) is 47.5 Å². The number of hydrogen-bond donors (Lipinski definition) is 1. The lowest BCUT2D eigenvalue weighted by molar-refractivity contribution is -0.116. The van der Waals surface area contributed by atoms with Gasteiger partial charge in [0.2, 0.25) is 5.91 Å². The molecule has 0 saturated heterocycles. The summed E-state index contributed by atoms with van der Waals surface area (Å²) in [6.07, 6.45) is 1.33. The lowest BCUT2D eigenvalue weighted by Gasteiger charge is -2.02. The van der Waals surface area contributed by atoms with Crippen molar-refractivity contribution >= 4 is 34.2 Å². The van der Waals surface area contributed by atoms with Crippen LogP contribution >= 0.6 is 11.6 Å². The molecule has 1 N–H and O–H groups in total.